The quantitative estimate of drug-likeness (QED) is 0.877. The molecule has 0 fully saturated rings. The smallest absolute Gasteiger partial charge is 0.178 e. The molecule has 2 unspecified atom stereocenters. The molecule has 1 aromatic carbocycles. The number of nitrogens with zero attached hydrogens (tertiary/aromatic N) is 1. The number of H-pyrrole nitrogens is 1. The van der Waals surface area contributed by atoms with Crippen LogP contribution in [0.3, 0.4) is 0 Å². The summed E-state index contributed by atoms with van der Waals surface area (Å²) < 4.78 is 26.9. The predicted octanol–water partition coefficient (Wildman–Crippen LogP) is 3.00. The van der Waals surface area contributed by atoms with Crippen molar-refractivity contribution in [3.8, 4) is 0 Å². The predicted molar refractivity (Wildman–Crippen MR) is 75.2 cm³/mol. The largest absolute Gasteiger partial charge is 0.330 e. The molecule has 18 heavy (non-hydrogen) atoms. The molecule has 0 saturated carbocycles. The van der Waals surface area contributed by atoms with Crippen LogP contribution in [0.1, 0.15) is 13.3 Å². The third kappa shape index (κ3) is 2.70. The second kappa shape index (κ2) is 5.32. The van der Waals surface area contributed by atoms with E-state index in [1.165, 1.54) is 12.1 Å². The zero-order valence-electron chi connectivity index (χ0n) is 10.3. The molecule has 0 bridgehead atoms. The lowest BCUT2D eigenvalue weighted by atomic mass is 10.3. The first-order valence-corrected chi connectivity index (χ1v) is 7.72. The zero-order chi connectivity index (χ0) is 13.3. The van der Waals surface area contributed by atoms with Gasteiger partial charge in [0.2, 0.25) is 0 Å². The maximum Gasteiger partial charge on any atom is 0.178 e. The first-order chi connectivity index (χ1) is 8.49. The van der Waals surface area contributed by atoms with E-state index in [1.54, 1.807) is 12.3 Å². The lowest BCUT2D eigenvalue weighted by Crippen LogP contribution is -2.12. The van der Waals surface area contributed by atoms with Crippen LogP contribution in [-0.2, 0) is 17.3 Å². The van der Waals surface area contributed by atoms with Crippen molar-refractivity contribution in [2.24, 2.45) is 0 Å². The van der Waals surface area contributed by atoms with Crippen LogP contribution in [0.2, 0.25) is 0 Å². The Hall–Kier alpha value is -1.01. The maximum atomic E-state index is 13.1. The van der Waals surface area contributed by atoms with E-state index in [-0.39, 0.29) is 11.1 Å². The molecule has 0 aliphatic carbocycles. The Labute approximate surface area is 112 Å². The molecule has 0 saturated heterocycles. The van der Waals surface area contributed by atoms with Crippen LogP contribution >= 0.6 is 12.2 Å². The second-order valence-corrected chi connectivity index (χ2v) is 6.53. The van der Waals surface area contributed by atoms with Crippen molar-refractivity contribution in [2.45, 2.75) is 25.1 Å². The fraction of sp³-hybridized carbons (Fsp3) is 0.417. The molecule has 2 aromatic rings. The number of benzene rings is 1. The number of hydrogen-bond donors (Lipinski definition) is 1. The van der Waals surface area contributed by atoms with Crippen molar-refractivity contribution in [1.29, 1.82) is 0 Å². The first kappa shape index (κ1) is 13.4. The van der Waals surface area contributed by atoms with Gasteiger partial charge in [-0.15, -0.1) is 0 Å². The topological polar surface area (TPSA) is 37.8 Å². The molecule has 98 valence electrons. The number of aromatic amines is 1. The van der Waals surface area contributed by atoms with E-state index in [0.717, 1.165) is 11.9 Å². The monoisotopic (exact) mass is 286 g/mol. The lowest BCUT2D eigenvalue weighted by Gasteiger charge is -2.09. The Balaban J connectivity index is 2.31. The highest BCUT2D eigenvalue weighted by Crippen LogP contribution is 2.16. The van der Waals surface area contributed by atoms with Gasteiger partial charge in [-0.2, -0.15) is 0 Å². The Bertz CT molecular complexity index is 647. The van der Waals surface area contributed by atoms with Gasteiger partial charge < -0.3 is 9.55 Å². The van der Waals surface area contributed by atoms with E-state index in [2.05, 4.69) is 4.98 Å². The number of halogens is 1. The van der Waals surface area contributed by atoms with E-state index in [0.29, 0.717) is 16.8 Å². The Kier molecular flexibility index (Phi) is 3.97. The van der Waals surface area contributed by atoms with Crippen molar-refractivity contribution in [3.63, 3.8) is 0 Å². The number of hydrogen-bond acceptors (Lipinski definition) is 2. The van der Waals surface area contributed by atoms with Crippen LogP contribution in [0.5, 0.6) is 0 Å². The minimum Gasteiger partial charge on any atom is -0.330 e. The van der Waals surface area contributed by atoms with Crippen LogP contribution in [-0.4, -0.2) is 25.3 Å². The summed E-state index contributed by atoms with van der Waals surface area (Å²) in [7, 11) is -0.833. The third-order valence-electron chi connectivity index (χ3n) is 3.06. The fourth-order valence-electron chi connectivity index (χ4n) is 1.83. The average Bonchev–Trinajstić information content (AvgIpc) is 2.60. The maximum absolute atomic E-state index is 13.1. The Morgan fingerprint density at radius 1 is 1.56 bits per heavy atom. The van der Waals surface area contributed by atoms with Gasteiger partial charge in [0, 0.05) is 28.9 Å². The summed E-state index contributed by atoms with van der Waals surface area (Å²) >= 11 is 5.22. The van der Waals surface area contributed by atoms with Gasteiger partial charge in [-0.3, -0.25) is 4.21 Å². The van der Waals surface area contributed by atoms with E-state index < -0.39 is 10.8 Å². The lowest BCUT2D eigenvalue weighted by molar-refractivity contribution is 0.623. The van der Waals surface area contributed by atoms with Crippen LogP contribution in [0.15, 0.2) is 18.2 Å². The number of rotatable bonds is 4. The molecule has 1 aromatic heterocycles. The second-order valence-electron chi connectivity index (χ2n) is 4.34. The van der Waals surface area contributed by atoms with Gasteiger partial charge in [-0.05, 0) is 36.8 Å². The molecule has 6 heteroatoms. The Morgan fingerprint density at radius 3 is 2.94 bits per heavy atom. The fourth-order valence-corrected chi connectivity index (χ4v) is 2.57. The molecule has 0 aliphatic heterocycles. The van der Waals surface area contributed by atoms with Gasteiger partial charge in [0.1, 0.15) is 5.82 Å². The van der Waals surface area contributed by atoms with Crippen molar-refractivity contribution < 1.29 is 8.60 Å². The molecular formula is C12H15FN2OS2. The standard InChI is InChI=1S/C12H15FN2OS2/c1-8(18(2)16)5-6-15-11-4-3-9(13)7-10(11)14-12(15)17/h3-4,7-8H,5-6H2,1-2H3,(H,14,17). The molecular weight excluding hydrogens is 271 g/mol. The van der Waals surface area contributed by atoms with Crippen LogP contribution < -0.4 is 0 Å². The van der Waals surface area contributed by atoms with Gasteiger partial charge in [-0.1, -0.05) is 6.92 Å². The van der Waals surface area contributed by atoms with Crippen LogP contribution in [0.4, 0.5) is 4.39 Å². The highest BCUT2D eigenvalue weighted by atomic mass is 32.2. The highest BCUT2D eigenvalue weighted by Gasteiger charge is 2.09. The van der Waals surface area contributed by atoms with E-state index in [4.69, 9.17) is 12.2 Å². The normalized spacial score (nSPS) is 14.8. The van der Waals surface area contributed by atoms with E-state index in [9.17, 15) is 8.60 Å². The number of fused-ring (bicyclic) bond motifs is 1. The molecule has 2 atom stereocenters. The zero-order valence-corrected chi connectivity index (χ0v) is 11.9. The van der Waals surface area contributed by atoms with E-state index >= 15 is 0 Å². The number of aromatic nitrogens is 2. The van der Waals surface area contributed by atoms with Crippen LogP contribution in [0, 0.1) is 10.6 Å². The minimum absolute atomic E-state index is 0.122. The summed E-state index contributed by atoms with van der Waals surface area (Å²) in [6.07, 6.45) is 2.48. The molecule has 0 radical (unpaired) electrons. The van der Waals surface area contributed by atoms with Crippen LogP contribution in [0.25, 0.3) is 11.0 Å². The van der Waals surface area contributed by atoms with Crippen molar-refractivity contribution in [2.75, 3.05) is 6.26 Å². The molecule has 3 nitrogen and oxygen atoms in total. The number of aryl methyl sites for hydroxylation is 1. The van der Waals surface area contributed by atoms with Crippen molar-refractivity contribution in [3.05, 3.63) is 28.8 Å². The SMILES string of the molecule is CC(CCn1c(=S)[nH]c2cc(F)ccc21)S(C)=O. The highest BCUT2D eigenvalue weighted by molar-refractivity contribution is 7.84. The van der Waals surface area contributed by atoms with Gasteiger partial charge in [-0.25, -0.2) is 4.39 Å². The summed E-state index contributed by atoms with van der Waals surface area (Å²) in [5.74, 6) is -0.283. The molecule has 0 spiro atoms. The summed E-state index contributed by atoms with van der Waals surface area (Å²) in [6, 6.07) is 4.57. The van der Waals surface area contributed by atoms with Gasteiger partial charge in [0.25, 0.3) is 0 Å². The molecule has 2 rings (SSSR count). The average molecular weight is 286 g/mol. The minimum atomic E-state index is -0.833. The first-order valence-electron chi connectivity index (χ1n) is 5.69. The molecule has 0 amide bonds. The Morgan fingerprint density at radius 2 is 2.28 bits per heavy atom. The molecule has 0 aliphatic rings. The molecule has 1 heterocycles. The van der Waals surface area contributed by atoms with E-state index in [1.807, 2.05) is 11.5 Å². The van der Waals surface area contributed by atoms with Gasteiger partial charge in [0.05, 0.1) is 11.0 Å². The third-order valence-corrected chi connectivity index (χ3v) is 4.75. The summed E-state index contributed by atoms with van der Waals surface area (Å²) in [6.45, 7) is 2.64. The summed E-state index contributed by atoms with van der Waals surface area (Å²) in [5, 5.41) is 0.122. The van der Waals surface area contributed by atoms with Gasteiger partial charge >= 0.3 is 0 Å². The van der Waals surface area contributed by atoms with Crippen molar-refractivity contribution >= 4 is 34.1 Å². The summed E-state index contributed by atoms with van der Waals surface area (Å²) in [5.41, 5.74) is 1.58. The van der Waals surface area contributed by atoms with Crippen molar-refractivity contribution in [1.82, 2.24) is 9.55 Å². The number of nitrogens with one attached hydrogen (secondary N) is 1. The summed E-state index contributed by atoms with van der Waals surface area (Å²) in [4.78, 5) is 2.98. The molecule has 1 N–H and O–H groups in total. The van der Waals surface area contributed by atoms with Gasteiger partial charge in [0.15, 0.2) is 4.77 Å². The number of imidazole rings is 1.